The third kappa shape index (κ3) is 5.04. The second kappa shape index (κ2) is 9.93. The molecule has 4 rings (SSSR count). The Morgan fingerprint density at radius 2 is 1.80 bits per heavy atom. The first-order valence-electron chi connectivity index (χ1n) is 10.1. The fourth-order valence-electron chi connectivity index (χ4n) is 3.19. The number of nitrogens with zero attached hydrogens (tertiary/aromatic N) is 5. The van der Waals surface area contributed by atoms with Gasteiger partial charge >= 0.3 is 5.97 Å². The zero-order valence-electron chi connectivity index (χ0n) is 17.9. The molecular formula is C22H17N7O5S. The van der Waals surface area contributed by atoms with Gasteiger partial charge in [-0.15, -0.1) is 5.10 Å². The highest BCUT2D eigenvalue weighted by atomic mass is 32.1. The lowest BCUT2D eigenvalue weighted by Gasteiger charge is -2.10. The highest BCUT2D eigenvalue weighted by Crippen LogP contribution is 2.23. The Kier molecular flexibility index (Phi) is 6.59. The van der Waals surface area contributed by atoms with Gasteiger partial charge in [-0.3, -0.25) is 25.3 Å². The molecule has 0 spiro atoms. The number of carbonyl (C=O) groups excluding carboxylic acids is 1. The van der Waals surface area contributed by atoms with Crippen molar-refractivity contribution >= 4 is 35.5 Å². The van der Waals surface area contributed by atoms with E-state index in [1.54, 1.807) is 36.4 Å². The van der Waals surface area contributed by atoms with E-state index in [1.165, 1.54) is 21.8 Å². The number of non-ortho nitro benzene ring substituents is 1. The molecule has 12 nitrogen and oxygen atoms in total. The van der Waals surface area contributed by atoms with Gasteiger partial charge in [-0.2, -0.15) is 0 Å². The van der Waals surface area contributed by atoms with Crippen LogP contribution in [0.25, 0.3) is 11.4 Å². The van der Waals surface area contributed by atoms with Gasteiger partial charge in [-0.25, -0.2) is 14.2 Å². The topological polar surface area (TPSA) is 157 Å². The molecule has 0 atom stereocenters. The van der Waals surface area contributed by atoms with Crippen LogP contribution < -0.4 is 10.7 Å². The first-order valence-corrected chi connectivity index (χ1v) is 10.5. The number of carboxylic acid groups (broad SMARTS) is 1. The van der Waals surface area contributed by atoms with Gasteiger partial charge in [0, 0.05) is 35.7 Å². The minimum Gasteiger partial charge on any atom is -0.478 e. The summed E-state index contributed by atoms with van der Waals surface area (Å²) < 4.78 is 2.76. The quantitative estimate of drug-likeness (QED) is 0.190. The number of aromatic carboxylic acids is 1. The Bertz CT molecular complexity index is 1470. The van der Waals surface area contributed by atoms with E-state index in [4.69, 9.17) is 12.2 Å². The lowest BCUT2D eigenvalue weighted by Crippen LogP contribution is -2.24. The molecule has 35 heavy (non-hydrogen) atoms. The maximum atomic E-state index is 12.8. The van der Waals surface area contributed by atoms with E-state index >= 15 is 0 Å². The molecule has 2 aromatic carbocycles. The van der Waals surface area contributed by atoms with Crippen LogP contribution in [0.15, 0.2) is 73.1 Å². The van der Waals surface area contributed by atoms with Crippen molar-refractivity contribution in [2.24, 2.45) is 0 Å². The van der Waals surface area contributed by atoms with Crippen molar-refractivity contribution in [2.45, 2.75) is 6.67 Å². The molecule has 13 heteroatoms. The van der Waals surface area contributed by atoms with Gasteiger partial charge < -0.3 is 10.4 Å². The summed E-state index contributed by atoms with van der Waals surface area (Å²) in [5, 5.41) is 27.9. The highest BCUT2D eigenvalue weighted by molar-refractivity contribution is 7.71. The monoisotopic (exact) mass is 491 g/mol. The number of nitro benzene ring substituents is 1. The molecule has 0 saturated heterocycles. The van der Waals surface area contributed by atoms with Crippen LogP contribution in [0.3, 0.4) is 0 Å². The zero-order chi connectivity index (χ0) is 24.9. The Hall–Kier alpha value is -4.91. The van der Waals surface area contributed by atoms with Gasteiger partial charge in [0.05, 0.1) is 16.2 Å². The maximum absolute atomic E-state index is 12.8. The van der Waals surface area contributed by atoms with Crippen LogP contribution in [0, 0.1) is 14.9 Å². The Morgan fingerprint density at radius 3 is 2.46 bits per heavy atom. The van der Waals surface area contributed by atoms with Gasteiger partial charge in [-0.1, -0.05) is 30.3 Å². The minimum absolute atomic E-state index is 0.0187. The van der Waals surface area contributed by atoms with Crippen LogP contribution >= 0.6 is 12.2 Å². The number of aromatic nitrogens is 4. The second-order valence-electron chi connectivity index (χ2n) is 7.11. The predicted molar refractivity (Wildman–Crippen MR) is 128 cm³/mol. The Balaban J connectivity index is 1.70. The molecule has 1 amide bonds. The first-order chi connectivity index (χ1) is 16.8. The van der Waals surface area contributed by atoms with Crippen LogP contribution in [-0.4, -0.2) is 41.3 Å². The van der Waals surface area contributed by atoms with Crippen molar-refractivity contribution in [1.82, 2.24) is 19.4 Å². The molecule has 0 radical (unpaired) electrons. The lowest BCUT2D eigenvalue weighted by molar-refractivity contribution is -0.384. The van der Waals surface area contributed by atoms with E-state index in [9.17, 15) is 24.8 Å². The number of benzene rings is 2. The van der Waals surface area contributed by atoms with Crippen molar-refractivity contribution in [3.8, 4) is 11.4 Å². The summed E-state index contributed by atoms with van der Waals surface area (Å²) in [5.41, 5.74) is 3.32. The number of carbonyl (C=O) groups is 2. The van der Waals surface area contributed by atoms with E-state index in [0.29, 0.717) is 17.0 Å². The Morgan fingerprint density at radius 1 is 1.09 bits per heavy atom. The first kappa shape index (κ1) is 23.3. The highest BCUT2D eigenvalue weighted by Gasteiger charge is 2.18. The number of hydrogen-bond acceptors (Lipinski definition) is 8. The van der Waals surface area contributed by atoms with Crippen LogP contribution in [0.1, 0.15) is 20.7 Å². The third-order valence-electron chi connectivity index (χ3n) is 4.89. The molecule has 0 aliphatic heterocycles. The fourth-order valence-corrected chi connectivity index (χ4v) is 3.43. The fraction of sp³-hybridized carbons (Fsp3) is 0.0455. The van der Waals surface area contributed by atoms with E-state index < -0.39 is 16.8 Å². The van der Waals surface area contributed by atoms with Crippen LogP contribution in [0.5, 0.6) is 0 Å². The van der Waals surface area contributed by atoms with Crippen molar-refractivity contribution < 1.29 is 19.6 Å². The van der Waals surface area contributed by atoms with E-state index in [0.717, 1.165) is 18.2 Å². The second-order valence-corrected chi connectivity index (χ2v) is 7.48. The number of amides is 1. The van der Waals surface area contributed by atoms with Gasteiger partial charge in [0.15, 0.2) is 5.82 Å². The Labute approximate surface area is 202 Å². The van der Waals surface area contributed by atoms with E-state index in [-0.39, 0.29) is 28.4 Å². The van der Waals surface area contributed by atoms with Gasteiger partial charge in [0.1, 0.15) is 6.67 Å². The number of nitrogens with one attached hydrogen (secondary N) is 2. The number of carboxylic acids is 1. The maximum Gasteiger partial charge on any atom is 0.337 e. The zero-order valence-corrected chi connectivity index (χ0v) is 18.7. The van der Waals surface area contributed by atoms with Crippen molar-refractivity contribution in [2.75, 3.05) is 10.7 Å². The van der Waals surface area contributed by atoms with E-state index in [2.05, 4.69) is 20.8 Å². The van der Waals surface area contributed by atoms with E-state index in [1.807, 2.05) is 6.07 Å². The molecule has 0 fully saturated rings. The average molecular weight is 491 g/mol. The molecule has 0 saturated carbocycles. The minimum atomic E-state index is -1.26. The summed E-state index contributed by atoms with van der Waals surface area (Å²) in [5.74, 6) is -1.37. The van der Waals surface area contributed by atoms with Crippen LogP contribution in [0.2, 0.25) is 0 Å². The van der Waals surface area contributed by atoms with Crippen molar-refractivity contribution in [3.05, 3.63) is 99.1 Å². The van der Waals surface area contributed by atoms with Gasteiger partial charge in [0.25, 0.3) is 11.6 Å². The van der Waals surface area contributed by atoms with Crippen LogP contribution in [0.4, 0.5) is 11.4 Å². The van der Waals surface area contributed by atoms with Crippen molar-refractivity contribution in [3.63, 3.8) is 0 Å². The summed E-state index contributed by atoms with van der Waals surface area (Å²) >= 11 is 5.52. The number of nitro groups is 1. The summed E-state index contributed by atoms with van der Waals surface area (Å²) in [4.78, 5) is 38.7. The molecule has 0 bridgehead atoms. The summed E-state index contributed by atoms with van der Waals surface area (Å²) in [7, 11) is 0. The number of anilines is 1. The number of hydrogen-bond donors (Lipinski definition) is 3. The molecule has 0 aliphatic rings. The largest absolute Gasteiger partial charge is 0.478 e. The standard InChI is InChI=1S/C22H17N7O5S/c30-20(15-8-10-23-11-9-15)26-28-19(14-4-2-1-3-5-14)25-27(22(28)35)13-24-18-12-16(29(33)34)6-7-17(18)21(31)32/h1-12,24H,13H2,(H,26,30)(H,31,32). The van der Waals surface area contributed by atoms with Gasteiger partial charge in [-0.05, 0) is 30.4 Å². The third-order valence-corrected chi connectivity index (χ3v) is 5.28. The average Bonchev–Trinajstić information content (AvgIpc) is 3.18. The summed E-state index contributed by atoms with van der Waals surface area (Å²) in [6, 6.07) is 15.5. The van der Waals surface area contributed by atoms with Crippen molar-refractivity contribution in [1.29, 1.82) is 0 Å². The van der Waals surface area contributed by atoms with Crippen LogP contribution in [-0.2, 0) is 6.67 Å². The normalized spacial score (nSPS) is 10.5. The molecule has 176 valence electrons. The predicted octanol–water partition coefficient (Wildman–Crippen LogP) is 3.54. The molecular weight excluding hydrogens is 474 g/mol. The molecule has 2 heterocycles. The smallest absolute Gasteiger partial charge is 0.337 e. The summed E-state index contributed by atoms with van der Waals surface area (Å²) in [6.07, 6.45) is 2.97. The molecule has 4 aromatic rings. The van der Waals surface area contributed by atoms with Gasteiger partial charge in [0.2, 0.25) is 4.77 Å². The molecule has 3 N–H and O–H groups in total. The molecule has 0 aliphatic carbocycles. The SMILES string of the molecule is O=C(Nn1c(-c2ccccc2)nn(CNc2cc([N+](=O)[O-])ccc2C(=O)O)c1=S)c1ccncc1. The number of pyridine rings is 1. The summed E-state index contributed by atoms with van der Waals surface area (Å²) in [6.45, 7) is -0.127. The number of rotatable bonds is 8. The molecule has 0 unspecified atom stereocenters. The lowest BCUT2D eigenvalue weighted by atomic mass is 10.1. The molecule has 2 aromatic heterocycles.